The predicted molar refractivity (Wildman–Crippen MR) is 137 cm³/mol. The van der Waals surface area contributed by atoms with Gasteiger partial charge in [0.1, 0.15) is 22.5 Å². The van der Waals surface area contributed by atoms with E-state index in [-0.39, 0.29) is 35.8 Å². The summed E-state index contributed by atoms with van der Waals surface area (Å²) in [5.41, 5.74) is 1.38. The Labute approximate surface area is 209 Å². The number of para-hydroxylation sites is 1. The zero-order valence-electron chi connectivity index (χ0n) is 21.2. The fraction of sp³-hybridized carbons (Fsp3) is 0.481. The summed E-state index contributed by atoms with van der Waals surface area (Å²) in [6.45, 7) is 7.42. The van der Waals surface area contributed by atoms with Gasteiger partial charge in [-0.25, -0.2) is 8.42 Å². The zero-order chi connectivity index (χ0) is 25.6. The molecule has 3 rings (SSSR count). The monoisotopic (exact) mass is 500 g/mol. The molecule has 0 aliphatic carbocycles. The number of methoxy groups -OCH3 is 1. The summed E-state index contributed by atoms with van der Waals surface area (Å²) in [5.74, 6) is 7.09. The molecule has 0 amide bonds. The summed E-state index contributed by atoms with van der Waals surface area (Å²) >= 11 is 0. The minimum Gasteiger partial charge on any atom is -0.495 e. The number of fused-ring (bicyclic) bond motifs is 1. The summed E-state index contributed by atoms with van der Waals surface area (Å²) in [4.78, 5) is 2.29. The first-order valence-corrected chi connectivity index (χ1v) is 13.4. The molecule has 0 saturated heterocycles. The number of aliphatic hydroxyl groups is 1. The summed E-state index contributed by atoms with van der Waals surface area (Å²) in [6.07, 6.45) is 0.783. The van der Waals surface area contributed by atoms with Gasteiger partial charge in [0.05, 0.1) is 19.3 Å². The molecule has 2 aromatic rings. The van der Waals surface area contributed by atoms with Gasteiger partial charge >= 0.3 is 0 Å². The Balaban J connectivity index is 2.07. The molecule has 2 aromatic carbocycles. The molecule has 0 fully saturated rings. The lowest BCUT2D eigenvalue weighted by molar-refractivity contribution is 0.0752. The van der Waals surface area contributed by atoms with Crippen molar-refractivity contribution in [1.82, 2.24) is 9.21 Å². The lowest BCUT2D eigenvalue weighted by Crippen LogP contribution is -2.49. The van der Waals surface area contributed by atoms with E-state index in [1.54, 1.807) is 32.2 Å². The maximum Gasteiger partial charge on any atom is 0.247 e. The highest BCUT2D eigenvalue weighted by molar-refractivity contribution is 7.89. The Bertz CT molecular complexity index is 1170. The molecule has 0 radical (unpaired) electrons. The third kappa shape index (κ3) is 6.36. The molecular formula is C27H36N2O5S. The van der Waals surface area contributed by atoms with Gasteiger partial charge < -0.3 is 19.5 Å². The van der Waals surface area contributed by atoms with Crippen LogP contribution in [0.1, 0.15) is 38.3 Å². The van der Waals surface area contributed by atoms with Crippen molar-refractivity contribution >= 4 is 10.0 Å². The third-order valence-corrected chi connectivity index (χ3v) is 8.23. The molecule has 8 heteroatoms. The van der Waals surface area contributed by atoms with Crippen LogP contribution in [-0.2, 0) is 10.0 Å². The van der Waals surface area contributed by atoms with Crippen LogP contribution >= 0.6 is 0 Å². The van der Waals surface area contributed by atoms with Crippen LogP contribution in [0.15, 0.2) is 47.4 Å². The molecule has 1 aliphatic heterocycles. The van der Waals surface area contributed by atoms with Crippen LogP contribution in [0.4, 0.5) is 0 Å². The molecule has 0 unspecified atom stereocenters. The van der Waals surface area contributed by atoms with Crippen molar-refractivity contribution in [1.29, 1.82) is 0 Å². The number of likely N-dealkylation sites (N-methyl/N-ethyl adjacent to an activating group) is 1. The highest BCUT2D eigenvalue weighted by Gasteiger charge is 2.38. The van der Waals surface area contributed by atoms with Crippen LogP contribution in [0.2, 0.25) is 0 Å². The van der Waals surface area contributed by atoms with Crippen molar-refractivity contribution in [3.8, 4) is 23.3 Å². The van der Waals surface area contributed by atoms with E-state index in [9.17, 15) is 13.5 Å². The van der Waals surface area contributed by atoms with Crippen molar-refractivity contribution < 1.29 is 23.0 Å². The van der Waals surface area contributed by atoms with Crippen molar-refractivity contribution in [2.75, 3.05) is 40.4 Å². The average molecular weight is 501 g/mol. The molecule has 0 saturated carbocycles. The first-order valence-electron chi connectivity index (χ1n) is 12.0. The molecule has 0 bridgehead atoms. The number of aliphatic hydroxyl groups excluding tert-OH is 1. The van der Waals surface area contributed by atoms with Gasteiger partial charge in [-0.1, -0.05) is 37.8 Å². The molecule has 35 heavy (non-hydrogen) atoms. The van der Waals surface area contributed by atoms with Crippen LogP contribution < -0.4 is 9.47 Å². The molecule has 7 nitrogen and oxygen atoms in total. The predicted octanol–water partition coefficient (Wildman–Crippen LogP) is 3.21. The molecule has 1 aliphatic rings. The molecule has 190 valence electrons. The standard InChI is InChI=1S/C27H36N2O5S/c1-6-15-28(4)18-26-20(2)17-29(21(3)19-30)35(31,32)27-14-12-22(16-25(27)34-26)11-13-23-9-7-8-10-24(23)33-5/h7-10,12,14,16,20-21,26,30H,6,15,17-19H2,1-5H3/t20-,21-,26-/m1/s1. The molecule has 0 spiro atoms. The maximum absolute atomic E-state index is 13.6. The Morgan fingerprint density at radius 2 is 2.00 bits per heavy atom. The van der Waals surface area contributed by atoms with E-state index in [4.69, 9.17) is 9.47 Å². The van der Waals surface area contributed by atoms with E-state index in [0.717, 1.165) is 18.5 Å². The van der Waals surface area contributed by atoms with Gasteiger partial charge in [-0.3, -0.25) is 0 Å². The van der Waals surface area contributed by atoms with Gasteiger partial charge in [0.15, 0.2) is 0 Å². The van der Waals surface area contributed by atoms with Crippen LogP contribution in [-0.4, -0.2) is 75.3 Å². The topological polar surface area (TPSA) is 79.3 Å². The summed E-state index contributed by atoms with van der Waals surface area (Å²) in [5, 5.41) is 9.79. The second-order valence-electron chi connectivity index (χ2n) is 9.11. The maximum atomic E-state index is 13.6. The lowest BCUT2D eigenvalue weighted by Gasteiger charge is -2.37. The smallest absolute Gasteiger partial charge is 0.247 e. The van der Waals surface area contributed by atoms with Gasteiger partial charge in [-0.2, -0.15) is 4.31 Å². The van der Waals surface area contributed by atoms with Gasteiger partial charge in [0.25, 0.3) is 0 Å². The third-order valence-electron chi connectivity index (χ3n) is 6.21. The quantitative estimate of drug-likeness (QED) is 0.589. The zero-order valence-corrected chi connectivity index (χ0v) is 22.0. The number of rotatable bonds is 7. The Morgan fingerprint density at radius 1 is 1.26 bits per heavy atom. The molecule has 1 heterocycles. The number of hydrogen-bond acceptors (Lipinski definition) is 6. The van der Waals surface area contributed by atoms with E-state index in [1.807, 2.05) is 38.2 Å². The Hall–Kier alpha value is -2.57. The summed E-state index contributed by atoms with van der Waals surface area (Å²) in [6, 6.07) is 11.9. The van der Waals surface area contributed by atoms with Crippen molar-refractivity contribution in [2.45, 2.75) is 44.2 Å². The van der Waals surface area contributed by atoms with E-state index in [1.165, 1.54) is 4.31 Å². The number of sulfonamides is 1. The fourth-order valence-corrected chi connectivity index (χ4v) is 6.01. The number of hydrogen-bond donors (Lipinski definition) is 1. The minimum atomic E-state index is -3.88. The number of benzene rings is 2. The van der Waals surface area contributed by atoms with Crippen molar-refractivity contribution in [3.63, 3.8) is 0 Å². The van der Waals surface area contributed by atoms with Crippen LogP contribution in [0, 0.1) is 17.8 Å². The van der Waals surface area contributed by atoms with Gasteiger partial charge in [0.2, 0.25) is 10.0 Å². The largest absolute Gasteiger partial charge is 0.495 e. The number of ether oxygens (including phenoxy) is 2. The van der Waals surface area contributed by atoms with E-state index >= 15 is 0 Å². The van der Waals surface area contributed by atoms with Gasteiger partial charge in [-0.05, 0) is 57.3 Å². The normalized spacial score (nSPS) is 20.5. The molecule has 3 atom stereocenters. The SMILES string of the molecule is CCCN(C)C[C@H]1Oc2cc(C#Cc3ccccc3OC)ccc2S(=O)(=O)N([C@H](C)CO)C[C@H]1C. The number of nitrogens with zero attached hydrogens (tertiary/aromatic N) is 2. The summed E-state index contributed by atoms with van der Waals surface area (Å²) < 4.78 is 40.4. The second kappa shape index (κ2) is 11.9. The van der Waals surface area contributed by atoms with Crippen LogP contribution in [0.25, 0.3) is 0 Å². The minimum absolute atomic E-state index is 0.0884. The Kier molecular flexibility index (Phi) is 9.20. The summed E-state index contributed by atoms with van der Waals surface area (Å²) in [7, 11) is -0.238. The molecular weight excluding hydrogens is 464 g/mol. The van der Waals surface area contributed by atoms with Crippen molar-refractivity contribution in [3.05, 3.63) is 53.6 Å². The fourth-order valence-electron chi connectivity index (χ4n) is 4.19. The Morgan fingerprint density at radius 3 is 2.69 bits per heavy atom. The first-order chi connectivity index (χ1) is 16.7. The van der Waals surface area contributed by atoms with Gasteiger partial charge in [-0.15, -0.1) is 0 Å². The average Bonchev–Trinajstić information content (AvgIpc) is 2.84. The lowest BCUT2D eigenvalue weighted by atomic mass is 10.0. The van der Waals surface area contributed by atoms with Crippen LogP contribution in [0.3, 0.4) is 0 Å². The molecule has 0 aromatic heterocycles. The highest BCUT2D eigenvalue weighted by atomic mass is 32.2. The molecule has 1 N–H and O–H groups in total. The van der Waals surface area contributed by atoms with E-state index in [0.29, 0.717) is 17.9 Å². The van der Waals surface area contributed by atoms with E-state index in [2.05, 4.69) is 23.7 Å². The van der Waals surface area contributed by atoms with Crippen LogP contribution in [0.5, 0.6) is 11.5 Å². The second-order valence-corrected chi connectivity index (χ2v) is 11.0. The highest BCUT2D eigenvalue weighted by Crippen LogP contribution is 2.34. The first kappa shape index (κ1) is 27.0. The van der Waals surface area contributed by atoms with Crippen molar-refractivity contribution in [2.24, 2.45) is 5.92 Å². The van der Waals surface area contributed by atoms with Gasteiger partial charge in [0, 0.05) is 30.6 Å². The van der Waals surface area contributed by atoms with E-state index < -0.39 is 16.1 Å².